The molecule has 1 fully saturated rings. The summed E-state index contributed by atoms with van der Waals surface area (Å²) in [7, 11) is 5.04. The summed E-state index contributed by atoms with van der Waals surface area (Å²) in [6.45, 7) is 5.87. The molecule has 9 nitrogen and oxygen atoms in total. The Bertz CT molecular complexity index is 952. The number of hydrogen-bond acceptors (Lipinski definition) is 7. The lowest BCUT2D eigenvalue weighted by Gasteiger charge is -2.36. The number of β-amino-alcohol motifs (C(OH)–C–C–N with tert-alkyl or cyclic N) is 1. The van der Waals surface area contributed by atoms with Gasteiger partial charge in [-0.3, -0.25) is 19.5 Å². The molecule has 34 heavy (non-hydrogen) atoms. The Kier molecular flexibility index (Phi) is 8.95. The molecule has 184 valence electrons. The molecule has 0 spiro atoms. The van der Waals surface area contributed by atoms with E-state index in [-0.39, 0.29) is 36.0 Å². The number of fused-ring (bicyclic) bond motifs is 1. The fourth-order valence-electron chi connectivity index (χ4n) is 4.38. The van der Waals surface area contributed by atoms with E-state index in [1.165, 1.54) is 24.3 Å². The molecule has 1 atom stereocenters. The SMILES string of the molecule is C=N/C(=C\C(=N/C)C(=O)NC[C@H](O)CN1CCc2ccccc2C1)N[C@H]1C[C@@H](C(=O)N(C)C)C1. The Morgan fingerprint density at radius 2 is 2.00 bits per heavy atom. The van der Waals surface area contributed by atoms with Gasteiger partial charge in [-0.1, -0.05) is 24.3 Å². The maximum absolute atomic E-state index is 12.6. The highest BCUT2D eigenvalue weighted by molar-refractivity contribution is 6.43. The van der Waals surface area contributed by atoms with Crippen molar-refractivity contribution in [3.05, 3.63) is 47.3 Å². The van der Waals surface area contributed by atoms with Crippen LogP contribution in [0.2, 0.25) is 0 Å². The van der Waals surface area contributed by atoms with Crippen molar-refractivity contribution in [1.82, 2.24) is 20.4 Å². The third-order valence-corrected chi connectivity index (χ3v) is 6.37. The number of nitrogens with zero attached hydrogens (tertiary/aromatic N) is 4. The minimum atomic E-state index is -0.687. The van der Waals surface area contributed by atoms with E-state index in [9.17, 15) is 14.7 Å². The van der Waals surface area contributed by atoms with E-state index >= 15 is 0 Å². The minimum Gasteiger partial charge on any atom is -0.390 e. The zero-order valence-corrected chi connectivity index (χ0v) is 20.3. The Morgan fingerprint density at radius 1 is 1.29 bits per heavy atom. The predicted molar refractivity (Wildman–Crippen MR) is 134 cm³/mol. The molecule has 1 saturated carbocycles. The number of benzene rings is 1. The number of amides is 2. The maximum atomic E-state index is 12.6. The number of aliphatic imine (C=N–C) groups is 2. The maximum Gasteiger partial charge on any atom is 0.269 e. The molecule has 1 heterocycles. The van der Waals surface area contributed by atoms with Gasteiger partial charge in [-0.05, 0) is 37.1 Å². The average Bonchev–Trinajstić information content (AvgIpc) is 2.81. The van der Waals surface area contributed by atoms with Gasteiger partial charge in [-0.2, -0.15) is 0 Å². The molecule has 0 bridgehead atoms. The molecule has 2 aliphatic rings. The Labute approximate surface area is 201 Å². The van der Waals surface area contributed by atoms with Crippen molar-refractivity contribution in [3.8, 4) is 0 Å². The predicted octanol–water partition coefficient (Wildman–Crippen LogP) is 0.591. The fourth-order valence-corrected chi connectivity index (χ4v) is 4.38. The van der Waals surface area contributed by atoms with Crippen molar-refractivity contribution in [1.29, 1.82) is 0 Å². The molecule has 3 N–H and O–H groups in total. The zero-order chi connectivity index (χ0) is 24.7. The first-order valence-electron chi connectivity index (χ1n) is 11.7. The number of aliphatic hydroxyl groups is 1. The third kappa shape index (κ3) is 6.74. The van der Waals surface area contributed by atoms with E-state index in [1.54, 1.807) is 19.0 Å². The lowest BCUT2D eigenvalue weighted by atomic mass is 9.79. The summed E-state index contributed by atoms with van der Waals surface area (Å²) in [5, 5.41) is 16.4. The van der Waals surface area contributed by atoms with E-state index in [1.807, 2.05) is 6.07 Å². The van der Waals surface area contributed by atoms with Crippen LogP contribution in [0.25, 0.3) is 0 Å². The van der Waals surface area contributed by atoms with Gasteiger partial charge in [0.1, 0.15) is 11.5 Å². The second kappa shape index (κ2) is 11.9. The van der Waals surface area contributed by atoms with Gasteiger partial charge in [0, 0.05) is 65.4 Å². The molecule has 2 amide bonds. The van der Waals surface area contributed by atoms with Gasteiger partial charge in [0.15, 0.2) is 0 Å². The van der Waals surface area contributed by atoms with Crippen LogP contribution in [0.4, 0.5) is 0 Å². The molecule has 0 radical (unpaired) electrons. The molecule has 1 aromatic rings. The second-order valence-electron chi connectivity index (χ2n) is 9.16. The molecular formula is C25H36N6O3. The van der Waals surface area contributed by atoms with Crippen LogP contribution < -0.4 is 10.6 Å². The number of carbonyl (C=O) groups excluding carboxylic acids is 2. The summed E-state index contributed by atoms with van der Waals surface area (Å²) < 4.78 is 0. The second-order valence-corrected chi connectivity index (χ2v) is 9.16. The molecule has 1 aromatic carbocycles. The van der Waals surface area contributed by atoms with Crippen LogP contribution in [0.15, 0.2) is 46.1 Å². The van der Waals surface area contributed by atoms with Crippen molar-refractivity contribution in [3.63, 3.8) is 0 Å². The fraction of sp³-hybridized carbons (Fsp3) is 0.520. The normalized spacial score (nSPS) is 21.6. The van der Waals surface area contributed by atoms with Crippen molar-refractivity contribution < 1.29 is 14.7 Å². The number of rotatable bonds is 10. The summed E-state index contributed by atoms with van der Waals surface area (Å²) in [5.74, 6) is 0.181. The van der Waals surface area contributed by atoms with Crippen LogP contribution in [0.1, 0.15) is 24.0 Å². The molecule has 1 aliphatic heterocycles. The van der Waals surface area contributed by atoms with Crippen LogP contribution in [-0.4, -0.2) is 92.1 Å². The van der Waals surface area contributed by atoms with E-state index in [0.29, 0.717) is 25.2 Å². The molecule has 0 saturated heterocycles. The Balaban J connectivity index is 1.45. The van der Waals surface area contributed by atoms with E-state index in [0.717, 1.165) is 19.5 Å². The zero-order valence-electron chi connectivity index (χ0n) is 20.3. The monoisotopic (exact) mass is 468 g/mol. The van der Waals surface area contributed by atoms with Crippen LogP contribution in [0.3, 0.4) is 0 Å². The summed E-state index contributed by atoms with van der Waals surface area (Å²) in [6.07, 6.45) is 3.23. The quantitative estimate of drug-likeness (QED) is 0.436. The smallest absolute Gasteiger partial charge is 0.269 e. The molecule has 0 aromatic heterocycles. The van der Waals surface area contributed by atoms with Gasteiger partial charge in [-0.15, -0.1) is 0 Å². The van der Waals surface area contributed by atoms with Crippen molar-refractivity contribution in [2.75, 3.05) is 40.8 Å². The molecule has 1 aliphatic carbocycles. The van der Waals surface area contributed by atoms with Gasteiger partial charge in [0.05, 0.1) is 6.10 Å². The van der Waals surface area contributed by atoms with Gasteiger partial charge in [-0.25, -0.2) is 4.99 Å². The van der Waals surface area contributed by atoms with Crippen LogP contribution in [0.5, 0.6) is 0 Å². The summed E-state index contributed by atoms with van der Waals surface area (Å²) in [4.78, 5) is 36.4. The lowest BCUT2D eigenvalue weighted by molar-refractivity contribution is -0.136. The molecule has 3 rings (SSSR count). The molecule has 0 unspecified atom stereocenters. The van der Waals surface area contributed by atoms with Crippen LogP contribution in [0, 0.1) is 5.92 Å². The topological polar surface area (TPSA) is 110 Å². The minimum absolute atomic E-state index is 0.0102. The van der Waals surface area contributed by atoms with E-state index in [2.05, 4.69) is 50.4 Å². The van der Waals surface area contributed by atoms with Crippen molar-refractivity contribution >= 4 is 24.2 Å². The number of hydrogen-bond donors (Lipinski definition) is 3. The number of nitrogens with one attached hydrogen (secondary N) is 2. The van der Waals surface area contributed by atoms with Gasteiger partial charge < -0.3 is 20.6 Å². The van der Waals surface area contributed by atoms with Crippen LogP contribution in [-0.2, 0) is 22.6 Å². The first-order chi connectivity index (χ1) is 16.3. The van der Waals surface area contributed by atoms with E-state index in [4.69, 9.17) is 0 Å². The Hall–Kier alpha value is -3.04. The third-order valence-electron chi connectivity index (χ3n) is 6.37. The molecule has 9 heteroatoms. The van der Waals surface area contributed by atoms with Gasteiger partial charge >= 0.3 is 0 Å². The largest absolute Gasteiger partial charge is 0.390 e. The number of aliphatic hydroxyl groups excluding tert-OH is 1. The lowest BCUT2D eigenvalue weighted by Crippen LogP contribution is -2.47. The highest BCUT2D eigenvalue weighted by Crippen LogP contribution is 2.29. The number of carbonyl (C=O) groups is 2. The average molecular weight is 469 g/mol. The van der Waals surface area contributed by atoms with Gasteiger partial charge in [0.2, 0.25) is 5.91 Å². The van der Waals surface area contributed by atoms with Crippen molar-refractivity contribution in [2.45, 2.75) is 38.0 Å². The summed E-state index contributed by atoms with van der Waals surface area (Å²) >= 11 is 0. The highest BCUT2D eigenvalue weighted by Gasteiger charge is 2.35. The van der Waals surface area contributed by atoms with Crippen molar-refractivity contribution in [2.24, 2.45) is 15.9 Å². The Morgan fingerprint density at radius 3 is 2.65 bits per heavy atom. The first kappa shape index (κ1) is 25.6. The van der Waals surface area contributed by atoms with Crippen LogP contribution >= 0.6 is 0 Å². The first-order valence-corrected chi connectivity index (χ1v) is 11.7. The van der Waals surface area contributed by atoms with E-state index < -0.39 is 6.10 Å². The molecular weight excluding hydrogens is 432 g/mol. The standard InChI is InChI=1S/C25H36N6O3/c1-26-22(13-23(27-2)29-20-11-19(12-20)25(34)30(3)4)24(33)28-14-21(32)16-31-10-9-17-7-5-6-8-18(17)15-31/h5-8,13,19-21,29,32H,2,9-12,14-16H2,1,3-4H3,(H,28,33)/b23-13+,26-22+/t19-,20+,21-/m0/s1. The van der Waals surface area contributed by atoms with Gasteiger partial charge in [0.25, 0.3) is 5.91 Å². The highest BCUT2D eigenvalue weighted by atomic mass is 16.3. The summed E-state index contributed by atoms with van der Waals surface area (Å²) in [5.41, 5.74) is 2.84. The summed E-state index contributed by atoms with van der Waals surface area (Å²) in [6, 6.07) is 8.46.